The minimum Gasteiger partial charge on any atom is -0.460 e. The number of sulfonamides is 1. The fourth-order valence-electron chi connectivity index (χ4n) is 9.95. The fraction of sp³-hybridized carbons (Fsp3) is 0.404. The van der Waals surface area contributed by atoms with Crippen molar-refractivity contribution in [2.24, 2.45) is 22.9 Å². The Kier molecular flexibility index (Phi) is 16.3. The molecule has 0 saturated heterocycles. The summed E-state index contributed by atoms with van der Waals surface area (Å²) in [7, 11) is -4.29. The zero-order chi connectivity index (χ0) is 46.7. The number of carbonyl (C=O) groups excluding carboxylic acids is 2. The van der Waals surface area contributed by atoms with Crippen LogP contribution in [0.4, 0.5) is 5.69 Å². The number of benzene rings is 4. The van der Waals surface area contributed by atoms with Gasteiger partial charge < -0.3 is 34.6 Å². The van der Waals surface area contributed by atoms with Gasteiger partial charge in [0.15, 0.2) is 0 Å². The van der Waals surface area contributed by atoms with E-state index in [1.54, 1.807) is 48.5 Å². The smallest absolute Gasteiger partial charge is 0.243 e. The molecule has 350 valence electrons. The summed E-state index contributed by atoms with van der Waals surface area (Å²) < 4.78 is 52.9. The van der Waals surface area contributed by atoms with Gasteiger partial charge in [0.2, 0.25) is 21.7 Å². The predicted molar refractivity (Wildman–Crippen MR) is 253 cm³/mol. The van der Waals surface area contributed by atoms with E-state index in [-0.39, 0.29) is 67.9 Å². The van der Waals surface area contributed by atoms with E-state index in [0.717, 1.165) is 48.7 Å². The van der Waals surface area contributed by atoms with E-state index >= 15 is 8.42 Å². The van der Waals surface area contributed by atoms with Gasteiger partial charge in [-0.2, -0.15) is 4.31 Å². The fourth-order valence-corrected chi connectivity index (χ4v) is 11.7. The molecule has 2 aliphatic carbocycles. The summed E-state index contributed by atoms with van der Waals surface area (Å²) in [5.74, 6) is -1.46. The first kappa shape index (κ1) is 48.3. The molecule has 1 saturated carbocycles. The van der Waals surface area contributed by atoms with E-state index in [1.807, 2.05) is 49.4 Å². The molecule has 1 fully saturated rings. The SMILES string of the molecule is C=CCO[C@@]12Oc3ccc(Oc4cccc(C=O)c4)cc3[C@H]3[C@H](CCCCO)[C@@H](CCCCO)C=C(C(=NOCc4ccccc4)C[C@@H]1N(CCC)S(=O)(=O)c1ccc(NC(C)=O)cc1)[C@H]32. The summed E-state index contributed by atoms with van der Waals surface area (Å²) in [5.41, 5.74) is 4.11. The Hall–Kier alpha value is -5.64. The van der Waals surface area contributed by atoms with E-state index in [9.17, 15) is 19.8 Å². The molecule has 4 aromatic carbocycles. The van der Waals surface area contributed by atoms with Crippen LogP contribution in [0.3, 0.4) is 0 Å². The van der Waals surface area contributed by atoms with Crippen molar-refractivity contribution in [2.75, 3.05) is 31.7 Å². The molecule has 3 aliphatic rings. The lowest BCUT2D eigenvalue weighted by molar-refractivity contribution is -0.251. The van der Waals surface area contributed by atoms with E-state index in [2.05, 4.69) is 18.0 Å². The number of ether oxygens (including phenoxy) is 3. The van der Waals surface area contributed by atoms with Crippen molar-refractivity contribution in [1.29, 1.82) is 0 Å². The minimum atomic E-state index is -4.29. The number of hydrogen-bond donors (Lipinski definition) is 3. The van der Waals surface area contributed by atoms with Gasteiger partial charge in [-0.1, -0.05) is 79.5 Å². The Morgan fingerprint density at radius 2 is 1.70 bits per heavy atom. The van der Waals surface area contributed by atoms with Gasteiger partial charge >= 0.3 is 0 Å². The molecule has 0 aromatic heterocycles. The number of hydrogen-bond acceptors (Lipinski definition) is 11. The topological polar surface area (TPSA) is 173 Å². The number of amides is 1. The molecular weight excluding hydrogens is 859 g/mol. The number of aldehydes is 1. The number of allylic oxidation sites excluding steroid dienone is 1. The number of oxime groups is 1. The van der Waals surface area contributed by atoms with Crippen molar-refractivity contribution in [1.82, 2.24) is 4.31 Å². The Bertz CT molecular complexity index is 2480. The first-order valence-corrected chi connectivity index (χ1v) is 24.4. The quantitative estimate of drug-likeness (QED) is 0.0282. The third-order valence-corrected chi connectivity index (χ3v) is 14.6. The Balaban J connectivity index is 1.46. The average molecular weight is 920 g/mol. The number of anilines is 1. The Morgan fingerprint density at radius 1 is 0.955 bits per heavy atom. The highest BCUT2D eigenvalue weighted by atomic mass is 32.2. The summed E-state index contributed by atoms with van der Waals surface area (Å²) in [6.07, 6.45) is 9.39. The number of nitrogens with zero attached hydrogens (tertiary/aromatic N) is 2. The first-order chi connectivity index (χ1) is 32.1. The van der Waals surface area contributed by atoms with Crippen molar-refractivity contribution < 1.29 is 47.3 Å². The van der Waals surface area contributed by atoms with E-state index < -0.39 is 27.8 Å². The van der Waals surface area contributed by atoms with Gasteiger partial charge in [-0.25, -0.2) is 8.42 Å². The molecule has 0 unspecified atom stereocenters. The minimum absolute atomic E-state index is 0.0168. The molecule has 1 amide bonds. The molecule has 1 aliphatic heterocycles. The van der Waals surface area contributed by atoms with Gasteiger partial charge in [-0.3, -0.25) is 9.59 Å². The summed E-state index contributed by atoms with van der Waals surface area (Å²) in [5, 5.41) is 27.6. The molecule has 14 heteroatoms. The monoisotopic (exact) mass is 919 g/mol. The van der Waals surface area contributed by atoms with Crippen LogP contribution in [0.1, 0.15) is 92.6 Å². The summed E-state index contributed by atoms with van der Waals surface area (Å²) >= 11 is 0. The van der Waals surface area contributed by atoms with Gasteiger partial charge in [-0.15, -0.1) is 6.58 Å². The van der Waals surface area contributed by atoms with Gasteiger partial charge in [0.25, 0.3) is 0 Å². The second-order valence-corrected chi connectivity index (χ2v) is 19.0. The van der Waals surface area contributed by atoms with Crippen molar-refractivity contribution in [3.8, 4) is 17.2 Å². The Morgan fingerprint density at radius 3 is 2.39 bits per heavy atom. The van der Waals surface area contributed by atoms with E-state index in [0.29, 0.717) is 53.5 Å². The first-order valence-electron chi connectivity index (χ1n) is 22.9. The molecule has 4 aromatic rings. The van der Waals surface area contributed by atoms with Crippen LogP contribution in [0.2, 0.25) is 0 Å². The number of rotatable bonds is 23. The summed E-state index contributed by atoms with van der Waals surface area (Å²) in [6.45, 7) is 7.75. The number of fused-ring (bicyclic) bond motifs is 2. The van der Waals surface area contributed by atoms with Crippen LogP contribution in [0.15, 0.2) is 131 Å². The molecule has 7 rings (SSSR count). The van der Waals surface area contributed by atoms with E-state index in [4.69, 9.17) is 24.2 Å². The zero-order valence-electron chi connectivity index (χ0n) is 37.7. The highest BCUT2D eigenvalue weighted by molar-refractivity contribution is 7.89. The normalized spacial score (nSPS) is 22.7. The maximum Gasteiger partial charge on any atom is 0.243 e. The summed E-state index contributed by atoms with van der Waals surface area (Å²) in [6, 6.07) is 27.4. The number of aliphatic hydroxyl groups excluding tert-OH is 2. The van der Waals surface area contributed by atoms with Gasteiger partial charge in [-0.05, 0) is 110 Å². The molecule has 66 heavy (non-hydrogen) atoms. The second kappa shape index (κ2) is 22.2. The standard InChI is InChI=1S/C52H61N3O10S/c1-4-26-55(66(60,61)43-23-20-40(21-24-43)53-36(3)59)49-33-47(54-63-35-37-14-7-6-8-15-37)45-31-39(17-9-11-27-56)44(19-10-12-28-57)50-46-32-42(64-41-18-13-16-38(30-41)34-58)22-25-48(46)65-52(49,51(45)50)62-29-5-2/h5-8,13-16,18,20-25,30-32,34,39,44,49-51,56-57H,2,4,9-12,17,19,26-29,33,35H2,1,3H3,(H,53,59)/t39-,44+,49-,50+,51+,52+/m0/s1. The number of nitrogens with one attached hydrogen (secondary N) is 1. The van der Waals surface area contributed by atoms with Gasteiger partial charge in [0, 0.05) is 55.8 Å². The van der Waals surface area contributed by atoms with Crippen LogP contribution < -0.4 is 14.8 Å². The molecule has 1 heterocycles. The maximum absolute atomic E-state index is 15.3. The maximum atomic E-state index is 15.3. The summed E-state index contributed by atoms with van der Waals surface area (Å²) in [4.78, 5) is 29.8. The molecule has 0 bridgehead atoms. The van der Waals surface area contributed by atoms with Gasteiger partial charge in [0.05, 0.1) is 29.2 Å². The molecular formula is C52H61N3O10S. The third-order valence-electron chi connectivity index (χ3n) is 12.7. The molecule has 0 radical (unpaired) electrons. The van der Waals surface area contributed by atoms with Crippen molar-refractivity contribution >= 4 is 33.6 Å². The molecule has 0 spiro atoms. The molecule has 6 atom stereocenters. The number of aliphatic hydroxyl groups is 2. The number of carbonyl (C=O) groups is 2. The zero-order valence-corrected chi connectivity index (χ0v) is 38.5. The van der Waals surface area contributed by atoms with Crippen molar-refractivity contribution in [3.63, 3.8) is 0 Å². The largest absolute Gasteiger partial charge is 0.460 e. The highest BCUT2D eigenvalue weighted by Crippen LogP contribution is 2.62. The lowest BCUT2D eigenvalue weighted by Crippen LogP contribution is -2.70. The molecule has 3 N–H and O–H groups in total. The van der Waals surface area contributed by atoms with Crippen LogP contribution in [0, 0.1) is 17.8 Å². The Labute approximate surface area is 388 Å². The average Bonchev–Trinajstić information content (AvgIpc) is 3.32. The van der Waals surface area contributed by atoms with Crippen LogP contribution in [-0.2, 0) is 31.0 Å². The predicted octanol–water partition coefficient (Wildman–Crippen LogP) is 9.18. The van der Waals surface area contributed by atoms with Crippen LogP contribution in [-0.4, -0.2) is 79.0 Å². The van der Waals surface area contributed by atoms with Crippen LogP contribution >= 0.6 is 0 Å². The number of unbranched alkanes of at least 4 members (excludes halogenated alkanes) is 2. The lowest BCUT2D eigenvalue weighted by Gasteiger charge is -2.59. The van der Waals surface area contributed by atoms with Crippen molar-refractivity contribution in [2.45, 2.75) is 94.5 Å². The third kappa shape index (κ3) is 10.6. The van der Waals surface area contributed by atoms with E-state index in [1.165, 1.54) is 23.4 Å². The van der Waals surface area contributed by atoms with Crippen LogP contribution in [0.5, 0.6) is 17.2 Å². The van der Waals surface area contributed by atoms with Crippen molar-refractivity contribution in [3.05, 3.63) is 138 Å². The second-order valence-electron chi connectivity index (χ2n) is 17.1. The lowest BCUT2D eigenvalue weighted by atomic mass is 9.55. The van der Waals surface area contributed by atoms with Crippen LogP contribution in [0.25, 0.3) is 0 Å². The van der Waals surface area contributed by atoms with Gasteiger partial charge in [0.1, 0.15) is 30.1 Å². The molecule has 13 nitrogen and oxygen atoms in total. The highest BCUT2D eigenvalue weighted by Gasteiger charge is 2.66.